The number of benzene rings is 1. The van der Waals surface area contributed by atoms with Crippen LogP contribution >= 0.6 is 0 Å². The standard InChI is InChI=1S/C10H13.Li/c1-9(2)8-10-6-4-3-5-7-10;/h4-7,9H,8H2,1-2H3;/q-1;+1. The largest absolute Gasteiger partial charge is 1.00 e. The molecule has 0 bridgehead atoms. The normalized spacial score (nSPS) is 9.36. The average Bonchev–Trinajstić information content (AvgIpc) is 1.88. The molecule has 0 heterocycles. The van der Waals surface area contributed by atoms with Crippen molar-refractivity contribution in [3.05, 3.63) is 35.9 Å². The second-order valence-electron chi connectivity index (χ2n) is 3.01. The second kappa shape index (κ2) is 5.47. The molecule has 0 spiro atoms. The van der Waals surface area contributed by atoms with Gasteiger partial charge in [-0.05, 0) is 12.3 Å². The van der Waals surface area contributed by atoms with Crippen molar-refractivity contribution < 1.29 is 18.9 Å². The zero-order valence-electron chi connectivity index (χ0n) is 7.59. The van der Waals surface area contributed by atoms with Gasteiger partial charge in [0.1, 0.15) is 0 Å². The van der Waals surface area contributed by atoms with E-state index in [1.165, 1.54) is 12.0 Å². The average molecular weight is 140 g/mol. The van der Waals surface area contributed by atoms with Crippen molar-refractivity contribution in [3.8, 4) is 0 Å². The molecule has 0 N–H and O–H groups in total. The van der Waals surface area contributed by atoms with Crippen molar-refractivity contribution >= 4 is 0 Å². The molecule has 1 heteroatoms. The van der Waals surface area contributed by atoms with Gasteiger partial charge in [-0.15, -0.1) is 0 Å². The van der Waals surface area contributed by atoms with Gasteiger partial charge in [-0.3, -0.25) is 0 Å². The van der Waals surface area contributed by atoms with Crippen molar-refractivity contribution in [2.45, 2.75) is 20.3 Å². The summed E-state index contributed by atoms with van der Waals surface area (Å²) in [6.07, 6.45) is 1.18. The van der Waals surface area contributed by atoms with Gasteiger partial charge in [0.05, 0.1) is 0 Å². The van der Waals surface area contributed by atoms with Crippen LogP contribution in [0.1, 0.15) is 19.4 Å². The Morgan fingerprint density at radius 3 is 2.27 bits per heavy atom. The Bertz CT molecular complexity index is 179. The zero-order chi connectivity index (χ0) is 7.40. The second-order valence-corrected chi connectivity index (χ2v) is 3.01. The molecule has 0 aromatic heterocycles. The first-order valence-corrected chi connectivity index (χ1v) is 3.74. The van der Waals surface area contributed by atoms with Crippen molar-refractivity contribution in [1.82, 2.24) is 0 Å². The van der Waals surface area contributed by atoms with Gasteiger partial charge in [0.15, 0.2) is 0 Å². The van der Waals surface area contributed by atoms with Gasteiger partial charge in [-0.25, -0.2) is 0 Å². The van der Waals surface area contributed by atoms with Crippen molar-refractivity contribution in [3.63, 3.8) is 0 Å². The molecule has 0 nitrogen and oxygen atoms in total. The van der Waals surface area contributed by atoms with Crippen LogP contribution in [0.2, 0.25) is 0 Å². The molecule has 11 heavy (non-hydrogen) atoms. The summed E-state index contributed by atoms with van der Waals surface area (Å²) < 4.78 is 0. The molecule has 0 radical (unpaired) electrons. The number of rotatable bonds is 2. The summed E-state index contributed by atoms with van der Waals surface area (Å²) in [4.78, 5) is 0. The molecule has 0 amide bonds. The molecule has 0 atom stereocenters. The quantitative estimate of drug-likeness (QED) is 0.390. The van der Waals surface area contributed by atoms with Crippen LogP contribution in [-0.2, 0) is 6.42 Å². The van der Waals surface area contributed by atoms with E-state index in [0.29, 0.717) is 0 Å². The van der Waals surface area contributed by atoms with Crippen LogP contribution in [0.15, 0.2) is 24.3 Å². The summed E-state index contributed by atoms with van der Waals surface area (Å²) in [5.41, 5.74) is 1.41. The van der Waals surface area contributed by atoms with Crippen LogP contribution in [0.4, 0.5) is 0 Å². The van der Waals surface area contributed by atoms with Crippen LogP contribution in [-0.4, -0.2) is 0 Å². The molecule has 0 saturated carbocycles. The fraction of sp³-hybridized carbons (Fsp3) is 0.400. The molecule has 1 aromatic carbocycles. The predicted octanol–water partition coefficient (Wildman–Crippen LogP) is -0.311. The maximum atomic E-state index is 3.01. The summed E-state index contributed by atoms with van der Waals surface area (Å²) in [5.74, 6) is 0.752. The Hall–Kier alpha value is -0.183. The third-order valence-electron chi connectivity index (χ3n) is 1.43. The smallest absolute Gasteiger partial charge is 0.184 e. The van der Waals surface area contributed by atoms with Crippen LogP contribution < -0.4 is 18.9 Å². The van der Waals surface area contributed by atoms with Gasteiger partial charge < -0.3 is 0 Å². The van der Waals surface area contributed by atoms with E-state index < -0.39 is 0 Å². The molecule has 0 fully saturated rings. The molecule has 0 unspecified atom stereocenters. The molecule has 1 rings (SSSR count). The Labute approximate surface area is 81.2 Å². The Morgan fingerprint density at radius 1 is 1.27 bits per heavy atom. The molecular weight excluding hydrogens is 127 g/mol. The third-order valence-corrected chi connectivity index (χ3v) is 1.43. The minimum atomic E-state index is 0. The van der Waals surface area contributed by atoms with Gasteiger partial charge in [-0.1, -0.05) is 13.8 Å². The summed E-state index contributed by atoms with van der Waals surface area (Å²) in [7, 11) is 0. The topological polar surface area (TPSA) is 0 Å². The fourth-order valence-corrected chi connectivity index (χ4v) is 1.03. The zero-order valence-corrected chi connectivity index (χ0v) is 7.59. The molecule has 0 aliphatic heterocycles. The van der Waals surface area contributed by atoms with Crippen molar-refractivity contribution in [1.29, 1.82) is 0 Å². The van der Waals surface area contributed by atoms with E-state index in [-0.39, 0.29) is 18.9 Å². The number of hydrogen-bond acceptors (Lipinski definition) is 0. The van der Waals surface area contributed by atoms with Gasteiger partial charge in [0.2, 0.25) is 0 Å². The van der Waals surface area contributed by atoms with E-state index in [2.05, 4.69) is 32.0 Å². The van der Waals surface area contributed by atoms with Gasteiger partial charge in [0.25, 0.3) is 0 Å². The number of hydrogen-bond donors (Lipinski definition) is 0. The van der Waals surface area contributed by atoms with E-state index in [9.17, 15) is 0 Å². The Morgan fingerprint density at radius 2 is 1.82 bits per heavy atom. The molecule has 54 valence electrons. The fourth-order valence-electron chi connectivity index (χ4n) is 1.03. The maximum absolute atomic E-state index is 3.01. The first-order valence-electron chi connectivity index (χ1n) is 3.74. The van der Waals surface area contributed by atoms with Gasteiger partial charge in [0, 0.05) is 0 Å². The van der Waals surface area contributed by atoms with E-state index in [1.807, 2.05) is 12.1 Å². The molecule has 0 aliphatic rings. The summed E-state index contributed by atoms with van der Waals surface area (Å²) in [6.45, 7) is 4.47. The van der Waals surface area contributed by atoms with Crippen LogP contribution in [0.3, 0.4) is 0 Å². The van der Waals surface area contributed by atoms with E-state index >= 15 is 0 Å². The van der Waals surface area contributed by atoms with Crippen molar-refractivity contribution in [2.75, 3.05) is 0 Å². The maximum Gasteiger partial charge on any atom is 1.00 e. The first-order chi connectivity index (χ1) is 4.79. The van der Waals surface area contributed by atoms with Crippen LogP contribution in [0.5, 0.6) is 0 Å². The molecule has 0 aliphatic carbocycles. The minimum Gasteiger partial charge on any atom is -0.184 e. The molecular formula is C10H13Li. The van der Waals surface area contributed by atoms with E-state index in [1.54, 1.807) is 0 Å². The van der Waals surface area contributed by atoms with Crippen molar-refractivity contribution in [2.24, 2.45) is 5.92 Å². The summed E-state index contributed by atoms with van der Waals surface area (Å²) in [5, 5.41) is 0. The SMILES string of the molecule is CC(C)Cc1cc[c-]cc1.[Li+]. The molecule has 0 saturated heterocycles. The Balaban J connectivity index is 0.000001000. The monoisotopic (exact) mass is 140 g/mol. The summed E-state index contributed by atoms with van der Waals surface area (Å²) in [6, 6.07) is 11.2. The van der Waals surface area contributed by atoms with Gasteiger partial charge >= 0.3 is 18.9 Å². The van der Waals surface area contributed by atoms with Crippen LogP contribution in [0, 0.1) is 12.0 Å². The van der Waals surface area contributed by atoms with E-state index in [4.69, 9.17) is 0 Å². The summed E-state index contributed by atoms with van der Waals surface area (Å²) >= 11 is 0. The van der Waals surface area contributed by atoms with Gasteiger partial charge in [-0.2, -0.15) is 35.9 Å². The Kier molecular flexibility index (Phi) is 5.37. The predicted molar refractivity (Wildman–Crippen MR) is 43.8 cm³/mol. The van der Waals surface area contributed by atoms with Crippen LogP contribution in [0.25, 0.3) is 0 Å². The minimum absolute atomic E-state index is 0. The third kappa shape index (κ3) is 4.30. The molecule has 1 aromatic rings. The first kappa shape index (κ1) is 10.8. The van der Waals surface area contributed by atoms with E-state index in [0.717, 1.165) is 5.92 Å².